The van der Waals surface area contributed by atoms with Crippen molar-refractivity contribution < 1.29 is 9.90 Å². The summed E-state index contributed by atoms with van der Waals surface area (Å²) in [5, 5.41) is 12.5. The van der Waals surface area contributed by atoms with E-state index in [-0.39, 0.29) is 17.9 Å². The van der Waals surface area contributed by atoms with Gasteiger partial charge in [0.05, 0.1) is 12.0 Å². The van der Waals surface area contributed by atoms with Gasteiger partial charge in [0.2, 0.25) is 5.91 Å². The Hall–Kier alpha value is -0.610. The first-order valence-corrected chi connectivity index (χ1v) is 7.19. The van der Waals surface area contributed by atoms with Crippen LogP contribution in [-0.4, -0.2) is 48.7 Å². The monoisotopic (exact) mass is 256 g/mol. The van der Waals surface area contributed by atoms with Crippen LogP contribution in [0.25, 0.3) is 0 Å². The molecule has 0 aromatic carbocycles. The maximum absolute atomic E-state index is 12.8. The summed E-state index contributed by atoms with van der Waals surface area (Å²) in [6.07, 6.45) is 2.99. The van der Waals surface area contributed by atoms with Crippen molar-refractivity contribution in [1.82, 2.24) is 10.2 Å². The van der Waals surface area contributed by atoms with Crippen LogP contribution in [0.2, 0.25) is 0 Å². The number of aliphatic hydroxyl groups excluding tert-OH is 1. The molecule has 1 fully saturated rings. The van der Waals surface area contributed by atoms with Crippen LogP contribution in [0.3, 0.4) is 0 Å². The van der Waals surface area contributed by atoms with Gasteiger partial charge in [0, 0.05) is 19.6 Å². The van der Waals surface area contributed by atoms with Crippen molar-refractivity contribution in [2.75, 3.05) is 32.8 Å². The van der Waals surface area contributed by atoms with E-state index in [1.54, 1.807) is 0 Å². The van der Waals surface area contributed by atoms with Crippen molar-refractivity contribution in [1.29, 1.82) is 0 Å². The number of amides is 1. The Labute approximate surface area is 111 Å². The highest BCUT2D eigenvalue weighted by Gasteiger charge is 2.45. The van der Waals surface area contributed by atoms with Crippen molar-refractivity contribution in [2.24, 2.45) is 11.3 Å². The van der Waals surface area contributed by atoms with Gasteiger partial charge in [-0.05, 0) is 25.3 Å². The van der Waals surface area contributed by atoms with Gasteiger partial charge in [0.25, 0.3) is 0 Å². The van der Waals surface area contributed by atoms with Crippen LogP contribution >= 0.6 is 0 Å². The number of carbonyl (C=O) groups excluding carboxylic acids is 1. The second kappa shape index (κ2) is 7.10. The predicted octanol–water partition coefficient (Wildman–Crippen LogP) is 1.24. The fourth-order valence-corrected chi connectivity index (χ4v) is 2.73. The molecule has 0 aliphatic carbocycles. The van der Waals surface area contributed by atoms with Crippen LogP contribution in [0, 0.1) is 11.3 Å². The standard InChI is InChI=1S/C14H28N2O2/c1-4-5-8-16(9-10-17)13(18)14(12(2)3)6-7-15-11-14/h12,15,17H,4-11H2,1-3H3. The lowest BCUT2D eigenvalue weighted by atomic mass is 9.75. The molecule has 1 rings (SSSR count). The minimum absolute atomic E-state index is 0.0526. The average Bonchev–Trinajstić information content (AvgIpc) is 2.84. The summed E-state index contributed by atoms with van der Waals surface area (Å²) in [6.45, 7) is 9.36. The van der Waals surface area contributed by atoms with Crippen LogP contribution in [0.5, 0.6) is 0 Å². The zero-order chi connectivity index (χ0) is 13.6. The zero-order valence-corrected chi connectivity index (χ0v) is 12.0. The van der Waals surface area contributed by atoms with E-state index in [0.29, 0.717) is 12.5 Å². The summed E-state index contributed by atoms with van der Waals surface area (Å²) < 4.78 is 0. The molecule has 0 radical (unpaired) electrons. The van der Waals surface area contributed by atoms with Crippen LogP contribution in [0.4, 0.5) is 0 Å². The summed E-state index contributed by atoms with van der Waals surface area (Å²) in [7, 11) is 0. The van der Waals surface area contributed by atoms with E-state index in [4.69, 9.17) is 5.11 Å². The van der Waals surface area contributed by atoms with E-state index in [9.17, 15) is 4.79 Å². The number of carbonyl (C=O) groups is 1. The molecular formula is C14H28N2O2. The summed E-state index contributed by atoms with van der Waals surface area (Å²) in [5.74, 6) is 0.563. The van der Waals surface area contributed by atoms with E-state index in [1.165, 1.54) is 0 Å². The number of nitrogens with one attached hydrogen (secondary N) is 1. The van der Waals surface area contributed by atoms with Gasteiger partial charge in [0.1, 0.15) is 0 Å². The Balaban J connectivity index is 2.78. The van der Waals surface area contributed by atoms with Crippen molar-refractivity contribution >= 4 is 5.91 Å². The van der Waals surface area contributed by atoms with Crippen LogP contribution in [-0.2, 0) is 4.79 Å². The fraction of sp³-hybridized carbons (Fsp3) is 0.929. The second-order valence-electron chi connectivity index (χ2n) is 5.61. The van der Waals surface area contributed by atoms with Gasteiger partial charge < -0.3 is 15.3 Å². The summed E-state index contributed by atoms with van der Waals surface area (Å²) in [4.78, 5) is 14.6. The minimum atomic E-state index is -0.261. The van der Waals surface area contributed by atoms with Crippen molar-refractivity contribution in [3.05, 3.63) is 0 Å². The predicted molar refractivity (Wildman–Crippen MR) is 73.3 cm³/mol. The Morgan fingerprint density at radius 2 is 2.17 bits per heavy atom. The third-order valence-electron chi connectivity index (χ3n) is 4.16. The van der Waals surface area contributed by atoms with E-state index in [2.05, 4.69) is 26.1 Å². The van der Waals surface area contributed by atoms with Crippen molar-refractivity contribution in [3.63, 3.8) is 0 Å². The molecule has 1 aliphatic heterocycles. The van der Waals surface area contributed by atoms with Crippen molar-refractivity contribution in [3.8, 4) is 0 Å². The zero-order valence-electron chi connectivity index (χ0n) is 12.0. The summed E-state index contributed by atoms with van der Waals surface area (Å²) >= 11 is 0. The Morgan fingerprint density at radius 3 is 2.61 bits per heavy atom. The summed E-state index contributed by atoms with van der Waals surface area (Å²) in [6, 6.07) is 0. The largest absolute Gasteiger partial charge is 0.395 e. The molecule has 2 N–H and O–H groups in total. The number of aliphatic hydroxyl groups is 1. The lowest BCUT2D eigenvalue weighted by Gasteiger charge is -2.36. The minimum Gasteiger partial charge on any atom is -0.395 e. The van der Waals surface area contributed by atoms with Crippen LogP contribution in [0.1, 0.15) is 40.0 Å². The first-order valence-electron chi connectivity index (χ1n) is 7.19. The molecule has 1 aliphatic rings. The number of hydrogen-bond donors (Lipinski definition) is 2. The highest BCUT2D eigenvalue weighted by molar-refractivity contribution is 5.83. The third kappa shape index (κ3) is 3.23. The Bertz CT molecular complexity index is 261. The van der Waals surface area contributed by atoms with Gasteiger partial charge in [-0.25, -0.2) is 0 Å². The number of rotatable bonds is 7. The molecule has 1 amide bonds. The molecule has 1 heterocycles. The first-order chi connectivity index (χ1) is 8.58. The van der Waals surface area contributed by atoms with Gasteiger partial charge in [-0.2, -0.15) is 0 Å². The number of unbranched alkanes of at least 4 members (excludes halogenated alkanes) is 1. The molecule has 0 spiro atoms. The lowest BCUT2D eigenvalue weighted by molar-refractivity contribution is -0.144. The van der Waals surface area contributed by atoms with Crippen LogP contribution < -0.4 is 5.32 Å². The topological polar surface area (TPSA) is 52.6 Å². The highest BCUT2D eigenvalue weighted by Crippen LogP contribution is 2.36. The van der Waals surface area contributed by atoms with Gasteiger partial charge in [-0.15, -0.1) is 0 Å². The molecule has 1 saturated heterocycles. The Kier molecular flexibility index (Phi) is 6.09. The molecule has 106 valence electrons. The number of nitrogens with zero attached hydrogens (tertiary/aromatic N) is 1. The van der Waals surface area contributed by atoms with Gasteiger partial charge in [-0.3, -0.25) is 4.79 Å². The molecule has 4 heteroatoms. The molecule has 0 aromatic heterocycles. The van der Waals surface area contributed by atoms with Gasteiger partial charge in [-0.1, -0.05) is 27.2 Å². The van der Waals surface area contributed by atoms with E-state index >= 15 is 0 Å². The normalized spacial score (nSPS) is 23.6. The van der Waals surface area contributed by atoms with Gasteiger partial charge >= 0.3 is 0 Å². The Morgan fingerprint density at radius 1 is 1.44 bits per heavy atom. The van der Waals surface area contributed by atoms with Gasteiger partial charge in [0.15, 0.2) is 0 Å². The smallest absolute Gasteiger partial charge is 0.230 e. The lowest BCUT2D eigenvalue weighted by Crippen LogP contribution is -2.49. The average molecular weight is 256 g/mol. The molecule has 18 heavy (non-hydrogen) atoms. The third-order valence-corrected chi connectivity index (χ3v) is 4.16. The molecule has 1 atom stereocenters. The molecule has 0 saturated carbocycles. The number of hydrogen-bond acceptors (Lipinski definition) is 3. The van der Waals surface area contributed by atoms with E-state index in [0.717, 1.165) is 38.9 Å². The maximum atomic E-state index is 12.8. The first kappa shape index (κ1) is 15.4. The fourth-order valence-electron chi connectivity index (χ4n) is 2.73. The molecule has 0 aromatic rings. The second-order valence-corrected chi connectivity index (χ2v) is 5.61. The molecule has 1 unspecified atom stereocenters. The molecule has 4 nitrogen and oxygen atoms in total. The van der Waals surface area contributed by atoms with Crippen LogP contribution in [0.15, 0.2) is 0 Å². The quantitative estimate of drug-likeness (QED) is 0.720. The van der Waals surface area contributed by atoms with E-state index in [1.807, 2.05) is 4.90 Å². The van der Waals surface area contributed by atoms with E-state index < -0.39 is 0 Å². The maximum Gasteiger partial charge on any atom is 0.230 e. The van der Waals surface area contributed by atoms with Crippen molar-refractivity contribution in [2.45, 2.75) is 40.0 Å². The summed E-state index contributed by atoms with van der Waals surface area (Å²) in [5.41, 5.74) is -0.261. The highest BCUT2D eigenvalue weighted by atomic mass is 16.3. The molecule has 0 bridgehead atoms. The molecular weight excluding hydrogens is 228 g/mol. The SMILES string of the molecule is CCCCN(CCO)C(=O)C1(C(C)C)CCNC1.